The second-order valence-corrected chi connectivity index (χ2v) is 5.09. The largest absolute Gasteiger partial charge is 0.467 e. The molecule has 6 nitrogen and oxygen atoms in total. The van der Waals surface area contributed by atoms with Gasteiger partial charge < -0.3 is 20.0 Å². The van der Waals surface area contributed by atoms with E-state index in [4.69, 9.17) is 4.42 Å². The van der Waals surface area contributed by atoms with E-state index in [1.165, 1.54) is 0 Å². The molecule has 0 atom stereocenters. The second-order valence-electron chi connectivity index (χ2n) is 5.09. The zero-order chi connectivity index (χ0) is 15.4. The lowest BCUT2D eigenvalue weighted by Crippen LogP contribution is -2.28. The highest BCUT2D eigenvalue weighted by Crippen LogP contribution is 2.24. The minimum absolute atomic E-state index is 0.124. The summed E-state index contributed by atoms with van der Waals surface area (Å²) < 4.78 is 5.15. The van der Waals surface area contributed by atoms with Crippen molar-refractivity contribution in [1.29, 1.82) is 0 Å². The Morgan fingerprint density at radius 1 is 1.27 bits per heavy atom. The molecule has 0 spiro atoms. The molecule has 3 rings (SSSR count). The van der Waals surface area contributed by atoms with Gasteiger partial charge in [-0.2, -0.15) is 0 Å². The molecule has 114 valence electrons. The van der Waals surface area contributed by atoms with E-state index in [2.05, 4.69) is 10.6 Å². The van der Waals surface area contributed by atoms with E-state index < -0.39 is 0 Å². The summed E-state index contributed by atoms with van der Waals surface area (Å²) in [5.41, 5.74) is 1.46. The lowest BCUT2D eigenvalue weighted by Gasteiger charge is -2.16. The highest BCUT2D eigenvalue weighted by Gasteiger charge is 2.21. The smallest absolute Gasteiger partial charge is 0.319 e. The van der Waals surface area contributed by atoms with E-state index in [0.29, 0.717) is 24.4 Å². The average molecular weight is 299 g/mol. The maximum Gasteiger partial charge on any atom is 0.319 e. The van der Waals surface area contributed by atoms with Gasteiger partial charge in [-0.25, -0.2) is 4.79 Å². The molecule has 0 bridgehead atoms. The summed E-state index contributed by atoms with van der Waals surface area (Å²) >= 11 is 0. The minimum Gasteiger partial charge on any atom is -0.467 e. The molecule has 22 heavy (non-hydrogen) atoms. The van der Waals surface area contributed by atoms with Crippen LogP contribution >= 0.6 is 0 Å². The van der Waals surface area contributed by atoms with Crippen molar-refractivity contribution in [2.45, 2.75) is 19.4 Å². The first-order valence-electron chi connectivity index (χ1n) is 7.20. The van der Waals surface area contributed by atoms with Crippen molar-refractivity contribution < 1.29 is 14.0 Å². The Bertz CT molecular complexity index is 667. The summed E-state index contributed by atoms with van der Waals surface area (Å²) in [6, 6.07) is 10.5. The fourth-order valence-corrected chi connectivity index (χ4v) is 2.43. The molecule has 1 fully saturated rings. The summed E-state index contributed by atoms with van der Waals surface area (Å²) in [5, 5.41) is 5.46. The molecule has 0 unspecified atom stereocenters. The number of rotatable bonds is 4. The SMILES string of the molecule is O=C(NCc1ccco1)Nc1cccc(N2CCCC2=O)c1. The molecule has 2 aromatic rings. The molecule has 1 aromatic carbocycles. The van der Waals surface area contributed by atoms with Crippen molar-refractivity contribution in [2.75, 3.05) is 16.8 Å². The number of benzene rings is 1. The van der Waals surface area contributed by atoms with Crippen LogP contribution in [0.15, 0.2) is 47.1 Å². The van der Waals surface area contributed by atoms with Crippen LogP contribution in [-0.4, -0.2) is 18.5 Å². The first-order chi connectivity index (χ1) is 10.7. The molecule has 2 heterocycles. The van der Waals surface area contributed by atoms with Crippen LogP contribution in [0.5, 0.6) is 0 Å². The van der Waals surface area contributed by atoms with E-state index >= 15 is 0 Å². The summed E-state index contributed by atoms with van der Waals surface area (Å²) in [7, 11) is 0. The maximum atomic E-state index is 11.9. The number of furan rings is 1. The summed E-state index contributed by atoms with van der Waals surface area (Å²) in [6.45, 7) is 1.05. The van der Waals surface area contributed by atoms with Crippen molar-refractivity contribution >= 4 is 23.3 Å². The normalized spacial score (nSPS) is 14.2. The molecule has 1 aliphatic rings. The molecule has 3 amide bonds. The van der Waals surface area contributed by atoms with Crippen LogP contribution in [0.2, 0.25) is 0 Å². The number of hydrogen-bond acceptors (Lipinski definition) is 3. The highest BCUT2D eigenvalue weighted by atomic mass is 16.3. The Hall–Kier alpha value is -2.76. The fraction of sp³-hybridized carbons (Fsp3) is 0.250. The number of amides is 3. The standard InChI is InChI=1S/C16H17N3O3/c20-15-7-2-8-19(15)13-5-1-4-12(10-13)18-16(21)17-11-14-6-3-9-22-14/h1,3-6,9-10H,2,7-8,11H2,(H2,17,18,21). The molecule has 0 saturated carbocycles. The van der Waals surface area contributed by atoms with Gasteiger partial charge in [-0.3, -0.25) is 4.79 Å². The number of urea groups is 1. The van der Waals surface area contributed by atoms with Gasteiger partial charge in [-0.1, -0.05) is 6.07 Å². The van der Waals surface area contributed by atoms with Gasteiger partial charge in [0.05, 0.1) is 12.8 Å². The third-order valence-corrected chi connectivity index (χ3v) is 3.49. The van der Waals surface area contributed by atoms with Crippen LogP contribution in [0.1, 0.15) is 18.6 Å². The predicted octanol–water partition coefficient (Wildman–Crippen LogP) is 2.73. The van der Waals surface area contributed by atoms with Crippen LogP contribution in [-0.2, 0) is 11.3 Å². The van der Waals surface area contributed by atoms with Crippen LogP contribution in [0.4, 0.5) is 16.2 Å². The summed E-state index contributed by atoms with van der Waals surface area (Å²) in [6.07, 6.45) is 3.02. The first kappa shape index (κ1) is 14.2. The molecule has 1 aromatic heterocycles. The van der Waals surface area contributed by atoms with Crippen molar-refractivity contribution in [1.82, 2.24) is 5.32 Å². The minimum atomic E-state index is -0.318. The number of nitrogens with zero attached hydrogens (tertiary/aromatic N) is 1. The molecule has 6 heteroatoms. The van der Waals surface area contributed by atoms with Gasteiger partial charge in [-0.15, -0.1) is 0 Å². The van der Waals surface area contributed by atoms with Gasteiger partial charge >= 0.3 is 6.03 Å². The van der Waals surface area contributed by atoms with Gasteiger partial charge in [0.15, 0.2) is 0 Å². The van der Waals surface area contributed by atoms with Crippen molar-refractivity contribution in [3.63, 3.8) is 0 Å². The quantitative estimate of drug-likeness (QED) is 0.911. The Kier molecular flexibility index (Phi) is 4.09. The van der Waals surface area contributed by atoms with Crippen molar-refractivity contribution in [2.24, 2.45) is 0 Å². The maximum absolute atomic E-state index is 11.9. The number of hydrogen-bond donors (Lipinski definition) is 2. The van der Waals surface area contributed by atoms with Crippen molar-refractivity contribution in [3.05, 3.63) is 48.4 Å². The van der Waals surface area contributed by atoms with E-state index in [9.17, 15) is 9.59 Å². The third-order valence-electron chi connectivity index (χ3n) is 3.49. The highest BCUT2D eigenvalue weighted by molar-refractivity contribution is 5.96. The van der Waals surface area contributed by atoms with Gasteiger partial charge in [0.1, 0.15) is 5.76 Å². The Labute approximate surface area is 128 Å². The average Bonchev–Trinajstić information content (AvgIpc) is 3.16. The van der Waals surface area contributed by atoms with Gasteiger partial charge in [0, 0.05) is 24.3 Å². The zero-order valence-corrected chi connectivity index (χ0v) is 12.0. The fourth-order valence-electron chi connectivity index (χ4n) is 2.43. The van der Waals surface area contributed by atoms with E-state index in [1.807, 2.05) is 12.1 Å². The first-order valence-corrected chi connectivity index (χ1v) is 7.20. The number of nitrogens with one attached hydrogen (secondary N) is 2. The third kappa shape index (κ3) is 3.28. The van der Waals surface area contributed by atoms with Crippen LogP contribution < -0.4 is 15.5 Å². The molecule has 1 aliphatic heterocycles. The topological polar surface area (TPSA) is 74.6 Å². The molecule has 1 saturated heterocycles. The Morgan fingerprint density at radius 2 is 2.18 bits per heavy atom. The molecular weight excluding hydrogens is 282 g/mol. The summed E-state index contributed by atoms with van der Waals surface area (Å²) in [4.78, 5) is 25.4. The van der Waals surface area contributed by atoms with E-state index in [1.54, 1.807) is 35.4 Å². The van der Waals surface area contributed by atoms with Gasteiger partial charge in [0.2, 0.25) is 5.91 Å². The summed E-state index contributed by atoms with van der Waals surface area (Å²) in [5.74, 6) is 0.811. The molecular formula is C16H17N3O3. The number of carbonyl (C=O) groups is 2. The number of anilines is 2. The van der Waals surface area contributed by atoms with Crippen LogP contribution in [0.25, 0.3) is 0 Å². The molecule has 0 aliphatic carbocycles. The van der Waals surface area contributed by atoms with Crippen molar-refractivity contribution in [3.8, 4) is 0 Å². The van der Waals surface area contributed by atoms with Gasteiger partial charge in [-0.05, 0) is 36.8 Å². The van der Waals surface area contributed by atoms with Gasteiger partial charge in [0.25, 0.3) is 0 Å². The monoisotopic (exact) mass is 299 g/mol. The predicted molar refractivity (Wildman–Crippen MR) is 82.6 cm³/mol. The zero-order valence-electron chi connectivity index (χ0n) is 12.0. The van der Waals surface area contributed by atoms with Crippen LogP contribution in [0.3, 0.4) is 0 Å². The lowest BCUT2D eigenvalue weighted by molar-refractivity contribution is -0.117. The van der Waals surface area contributed by atoms with E-state index in [-0.39, 0.29) is 11.9 Å². The Balaban J connectivity index is 1.60. The second kappa shape index (κ2) is 6.34. The Morgan fingerprint density at radius 3 is 2.91 bits per heavy atom. The lowest BCUT2D eigenvalue weighted by atomic mass is 10.2. The number of carbonyl (C=O) groups excluding carboxylic acids is 2. The van der Waals surface area contributed by atoms with E-state index in [0.717, 1.165) is 18.7 Å². The molecule has 0 radical (unpaired) electrons. The van der Waals surface area contributed by atoms with Crippen LogP contribution in [0, 0.1) is 0 Å². The molecule has 2 N–H and O–H groups in total.